The van der Waals surface area contributed by atoms with Gasteiger partial charge in [0.25, 0.3) is 12.2 Å². The molecular formula is C31H37N7O6. The number of hydrogen-bond donors (Lipinski definition) is 6. The van der Waals surface area contributed by atoms with E-state index in [1.54, 1.807) is 6.92 Å². The largest absolute Gasteiger partial charge is 0.391 e. The number of nitrogens with zero attached hydrogens (tertiary/aromatic N) is 4. The minimum absolute atomic E-state index is 0.00328. The van der Waals surface area contributed by atoms with Crippen LogP contribution in [0, 0.1) is 0 Å². The van der Waals surface area contributed by atoms with Gasteiger partial charge in [-0.25, -0.2) is 4.98 Å². The maximum Gasteiger partial charge on any atom is 0.254 e. The Hall–Kier alpha value is -4.30. The molecule has 1 aliphatic carbocycles. The third-order valence-electron chi connectivity index (χ3n) is 8.08. The highest BCUT2D eigenvalue weighted by Gasteiger charge is 2.48. The number of hydrogen-bond acceptors (Lipinski definition) is 11. The van der Waals surface area contributed by atoms with E-state index in [1.165, 1.54) is 11.1 Å². The Morgan fingerprint density at radius 2 is 1.73 bits per heavy atom. The summed E-state index contributed by atoms with van der Waals surface area (Å²) in [6.07, 6.45) is -2.46. The number of rotatable bonds is 11. The summed E-state index contributed by atoms with van der Waals surface area (Å²) in [6, 6.07) is 20.1. The molecule has 3 heterocycles. The van der Waals surface area contributed by atoms with Crippen molar-refractivity contribution >= 4 is 28.8 Å². The van der Waals surface area contributed by atoms with Gasteiger partial charge in [0.1, 0.15) is 18.5 Å². The number of fused-ring (bicyclic) bond motifs is 1. The molecule has 4 aromatic rings. The second-order valence-corrected chi connectivity index (χ2v) is 11.0. The van der Waals surface area contributed by atoms with Gasteiger partial charge in [0, 0.05) is 19.0 Å². The van der Waals surface area contributed by atoms with Crippen LogP contribution in [0.4, 0.5) is 11.8 Å². The Kier molecular flexibility index (Phi) is 8.89. The summed E-state index contributed by atoms with van der Waals surface area (Å²) in [4.78, 5) is 32.1. The first kappa shape index (κ1) is 29.8. The number of aromatic nitrogens is 4. The number of anilines is 2. The highest BCUT2D eigenvalue weighted by atomic mass is 16.8. The molecule has 6 N–H and O–H groups in total. The predicted octanol–water partition coefficient (Wildman–Crippen LogP) is 1.41. The van der Waals surface area contributed by atoms with Gasteiger partial charge in [-0.1, -0.05) is 60.7 Å². The average Bonchev–Trinajstić information content (AvgIpc) is 3.72. The fourth-order valence-electron chi connectivity index (χ4n) is 5.75. The van der Waals surface area contributed by atoms with Crippen LogP contribution in [-0.4, -0.2) is 90.7 Å². The normalized spacial score (nSPS) is 24.9. The van der Waals surface area contributed by atoms with Gasteiger partial charge >= 0.3 is 0 Å². The molecule has 13 nitrogen and oxygen atoms in total. The van der Waals surface area contributed by atoms with Crippen LogP contribution >= 0.6 is 0 Å². The molecule has 1 saturated heterocycles. The molecule has 6 rings (SSSR count). The van der Waals surface area contributed by atoms with Crippen molar-refractivity contribution in [1.82, 2.24) is 25.0 Å². The summed E-state index contributed by atoms with van der Waals surface area (Å²) in [7, 11) is 0. The first-order valence-electron chi connectivity index (χ1n) is 14.9. The highest BCUT2D eigenvalue weighted by Crippen LogP contribution is 2.29. The van der Waals surface area contributed by atoms with Crippen molar-refractivity contribution in [2.45, 2.75) is 68.9 Å². The molecule has 2 aromatic heterocycles. The molecule has 1 saturated carbocycles. The van der Waals surface area contributed by atoms with E-state index in [4.69, 9.17) is 14.6 Å². The van der Waals surface area contributed by atoms with Crippen molar-refractivity contribution in [2.75, 3.05) is 23.7 Å². The molecular weight excluding hydrogens is 566 g/mol. The summed E-state index contributed by atoms with van der Waals surface area (Å²) < 4.78 is 6.82. The molecule has 1 amide bonds. The van der Waals surface area contributed by atoms with E-state index >= 15 is 0 Å². The maximum absolute atomic E-state index is 12.3. The Morgan fingerprint density at radius 3 is 2.36 bits per heavy atom. The second-order valence-electron chi connectivity index (χ2n) is 11.0. The SMILES string of the molecule is CCNC(=O)[C@H]1O[C@@H](On2cnc3c(NCC(c4ccccc4)c4ccccc4)nc(NC4CCCC4O)nc32)[C@H](O)[C@@H]1O. The van der Waals surface area contributed by atoms with E-state index in [9.17, 15) is 20.1 Å². The minimum Gasteiger partial charge on any atom is -0.391 e. The van der Waals surface area contributed by atoms with Gasteiger partial charge in [-0.2, -0.15) is 9.97 Å². The Bertz CT molecular complexity index is 1520. The zero-order valence-corrected chi connectivity index (χ0v) is 24.3. The van der Waals surface area contributed by atoms with Crippen molar-refractivity contribution in [3.8, 4) is 0 Å². The third kappa shape index (κ3) is 6.17. The molecule has 0 spiro atoms. The van der Waals surface area contributed by atoms with Gasteiger partial charge in [-0.3, -0.25) is 4.79 Å². The van der Waals surface area contributed by atoms with Crippen LogP contribution in [0.15, 0.2) is 67.0 Å². The maximum atomic E-state index is 12.3. The lowest BCUT2D eigenvalue weighted by molar-refractivity contribution is -0.171. The molecule has 2 unspecified atom stereocenters. The molecule has 44 heavy (non-hydrogen) atoms. The van der Waals surface area contributed by atoms with Crippen molar-refractivity contribution in [3.05, 3.63) is 78.1 Å². The molecule has 0 radical (unpaired) electrons. The van der Waals surface area contributed by atoms with E-state index < -0.39 is 36.6 Å². The van der Waals surface area contributed by atoms with Crippen LogP contribution in [0.1, 0.15) is 43.2 Å². The van der Waals surface area contributed by atoms with Crippen LogP contribution in [0.2, 0.25) is 0 Å². The van der Waals surface area contributed by atoms with Crippen molar-refractivity contribution in [1.29, 1.82) is 0 Å². The second kappa shape index (κ2) is 13.1. The highest BCUT2D eigenvalue weighted by molar-refractivity contribution is 5.84. The van der Waals surface area contributed by atoms with Crippen LogP contribution < -0.4 is 20.8 Å². The molecule has 1 aliphatic heterocycles. The summed E-state index contributed by atoms with van der Waals surface area (Å²) in [5.74, 6) is 0.156. The Labute approximate surface area is 254 Å². The van der Waals surface area contributed by atoms with Crippen molar-refractivity contribution in [3.63, 3.8) is 0 Å². The fraction of sp³-hybridized carbons (Fsp3) is 0.419. The van der Waals surface area contributed by atoms with Gasteiger partial charge in [-0.05, 0) is 37.3 Å². The lowest BCUT2D eigenvalue weighted by Gasteiger charge is -2.21. The van der Waals surface area contributed by atoms with E-state index in [2.05, 4.69) is 50.2 Å². The van der Waals surface area contributed by atoms with E-state index in [0.29, 0.717) is 30.8 Å². The van der Waals surface area contributed by atoms with Crippen LogP contribution in [0.25, 0.3) is 11.2 Å². The predicted molar refractivity (Wildman–Crippen MR) is 162 cm³/mol. The third-order valence-corrected chi connectivity index (χ3v) is 8.08. The monoisotopic (exact) mass is 603 g/mol. The summed E-state index contributed by atoms with van der Waals surface area (Å²) in [5.41, 5.74) is 2.92. The first-order chi connectivity index (χ1) is 21.4. The zero-order valence-electron chi connectivity index (χ0n) is 24.3. The Balaban J connectivity index is 1.31. The fourth-order valence-corrected chi connectivity index (χ4v) is 5.75. The molecule has 2 aliphatic rings. The number of imidazole rings is 1. The molecule has 232 valence electrons. The molecule has 13 heteroatoms. The van der Waals surface area contributed by atoms with Crippen LogP contribution in [0.3, 0.4) is 0 Å². The molecule has 0 bridgehead atoms. The van der Waals surface area contributed by atoms with Crippen molar-refractivity contribution in [2.24, 2.45) is 0 Å². The number of benzene rings is 2. The van der Waals surface area contributed by atoms with E-state index in [0.717, 1.165) is 24.0 Å². The summed E-state index contributed by atoms with van der Waals surface area (Å²) >= 11 is 0. The summed E-state index contributed by atoms with van der Waals surface area (Å²) in [6.45, 7) is 2.57. The minimum atomic E-state index is -1.50. The van der Waals surface area contributed by atoms with Gasteiger partial charge in [0.05, 0.1) is 12.1 Å². The van der Waals surface area contributed by atoms with Gasteiger partial charge < -0.3 is 40.8 Å². The van der Waals surface area contributed by atoms with E-state index in [-0.39, 0.29) is 23.6 Å². The lowest BCUT2D eigenvalue weighted by Crippen LogP contribution is -2.42. The van der Waals surface area contributed by atoms with Gasteiger partial charge in [0.2, 0.25) is 11.6 Å². The number of ether oxygens (including phenoxy) is 1. The standard InChI is InChI=1S/C31H37N7O6/c1-2-32-29(42)26-24(40)25(41)30(43-26)44-38-17-34-23-27(36-31(37-28(23)38)35-21-14-9-15-22(21)39)33-16-20(18-10-5-3-6-11-18)19-12-7-4-8-13-19/h3-8,10-13,17,20-22,24-26,30,39-41H,2,9,14-16H2,1H3,(H,32,42)(H2,33,35,36,37)/t21?,22?,24-,25+,26-,30-/m0/s1. The lowest BCUT2D eigenvalue weighted by atomic mass is 9.91. The van der Waals surface area contributed by atoms with Crippen LogP contribution in [-0.2, 0) is 9.53 Å². The number of carbonyl (C=O) groups excluding carboxylic acids is 1. The molecule has 6 atom stereocenters. The number of amides is 1. The number of likely N-dealkylation sites (N-methyl/N-ethyl adjacent to an activating group) is 1. The van der Waals surface area contributed by atoms with Crippen LogP contribution in [0.5, 0.6) is 0 Å². The number of aliphatic hydroxyl groups excluding tert-OH is 3. The van der Waals surface area contributed by atoms with Gasteiger partial charge in [-0.15, -0.1) is 4.73 Å². The average molecular weight is 604 g/mol. The quantitative estimate of drug-likeness (QED) is 0.146. The molecule has 2 aromatic carbocycles. The summed E-state index contributed by atoms with van der Waals surface area (Å²) in [5, 5.41) is 40.8. The van der Waals surface area contributed by atoms with Crippen molar-refractivity contribution < 1.29 is 29.7 Å². The number of carbonyl (C=O) groups is 1. The van der Waals surface area contributed by atoms with E-state index in [1.807, 2.05) is 36.4 Å². The number of nitrogens with one attached hydrogen (secondary N) is 3. The smallest absolute Gasteiger partial charge is 0.254 e. The topological polar surface area (TPSA) is 176 Å². The first-order valence-corrected chi connectivity index (χ1v) is 14.9. The Morgan fingerprint density at radius 1 is 1.02 bits per heavy atom. The number of aliphatic hydroxyl groups is 3. The zero-order chi connectivity index (χ0) is 30.6. The van der Waals surface area contributed by atoms with Gasteiger partial charge in [0.15, 0.2) is 17.4 Å². The molecule has 2 fully saturated rings.